The van der Waals surface area contributed by atoms with Crippen LogP contribution < -0.4 is 10.2 Å². The number of amides is 1. The zero-order valence-electron chi connectivity index (χ0n) is 10.4. The third kappa shape index (κ3) is 3.51. The number of aryl methyl sites for hydroxylation is 1. The van der Waals surface area contributed by atoms with E-state index in [9.17, 15) is 14.0 Å². The summed E-state index contributed by atoms with van der Waals surface area (Å²) < 4.78 is 14.3. The molecule has 0 saturated carbocycles. The lowest BCUT2D eigenvalue weighted by Gasteiger charge is -2.06. The Morgan fingerprint density at radius 3 is 2.63 bits per heavy atom. The van der Waals surface area contributed by atoms with Crippen LogP contribution in [0.4, 0.5) is 10.1 Å². The predicted molar refractivity (Wildman–Crippen MR) is 73.0 cm³/mol. The van der Waals surface area contributed by atoms with Gasteiger partial charge in [-0.3, -0.25) is 9.59 Å². The Morgan fingerprint density at radius 2 is 2.05 bits per heavy atom. The van der Waals surface area contributed by atoms with Gasteiger partial charge in [-0.25, -0.2) is 4.39 Å². The van der Waals surface area contributed by atoms with Crippen LogP contribution in [0.25, 0.3) is 0 Å². The van der Waals surface area contributed by atoms with E-state index in [1.165, 1.54) is 24.3 Å². The molecule has 0 aliphatic carbocycles. The summed E-state index contributed by atoms with van der Waals surface area (Å²) in [5.74, 6) is -0.553. The van der Waals surface area contributed by atoms with Crippen LogP contribution in [-0.2, 0) is 11.3 Å². The van der Waals surface area contributed by atoms with Crippen molar-refractivity contribution in [1.29, 1.82) is 0 Å². The fraction of sp³-hybridized carbons (Fsp3) is 0.231. The summed E-state index contributed by atoms with van der Waals surface area (Å²) in [7, 11) is 0. The molecule has 0 aliphatic rings. The summed E-state index contributed by atoms with van der Waals surface area (Å²) in [5, 5.41) is 4.42. The molecule has 0 saturated heterocycles. The van der Waals surface area contributed by atoms with Gasteiger partial charge in [-0.2, -0.15) is 0 Å². The summed E-state index contributed by atoms with van der Waals surface area (Å²) in [6.45, 7) is 2.18. The second-order valence-electron chi connectivity index (χ2n) is 4.10. The third-order valence-electron chi connectivity index (χ3n) is 2.67. The summed E-state index contributed by atoms with van der Waals surface area (Å²) >= 11 is 1.12. The molecule has 2 aromatic rings. The van der Waals surface area contributed by atoms with Crippen LogP contribution in [0, 0.1) is 12.7 Å². The normalized spacial score (nSPS) is 10.4. The number of benzene rings is 1. The lowest BCUT2D eigenvalue weighted by molar-refractivity contribution is -0.116. The second-order valence-corrected chi connectivity index (χ2v) is 4.92. The van der Waals surface area contributed by atoms with Crippen molar-refractivity contribution in [2.75, 3.05) is 5.32 Å². The first kappa shape index (κ1) is 13.5. The van der Waals surface area contributed by atoms with Gasteiger partial charge in [0.1, 0.15) is 5.82 Å². The minimum atomic E-state index is -0.349. The summed E-state index contributed by atoms with van der Waals surface area (Å²) in [6, 6.07) is 5.55. The van der Waals surface area contributed by atoms with Crippen molar-refractivity contribution in [3.05, 3.63) is 50.8 Å². The lowest BCUT2D eigenvalue weighted by atomic mass is 10.3. The number of anilines is 1. The highest BCUT2D eigenvalue weighted by Crippen LogP contribution is 2.09. The van der Waals surface area contributed by atoms with Crippen molar-refractivity contribution in [1.82, 2.24) is 4.57 Å². The SMILES string of the molecule is Cc1csc(=O)n1CCC(=O)Nc1ccc(F)cc1. The average molecular weight is 280 g/mol. The molecule has 1 aromatic heterocycles. The molecule has 1 aromatic carbocycles. The van der Waals surface area contributed by atoms with Crippen LogP contribution in [0.15, 0.2) is 34.4 Å². The summed E-state index contributed by atoms with van der Waals surface area (Å²) in [4.78, 5) is 23.1. The number of hydrogen-bond acceptors (Lipinski definition) is 3. The number of nitrogens with zero attached hydrogens (tertiary/aromatic N) is 1. The molecule has 100 valence electrons. The van der Waals surface area contributed by atoms with Gasteiger partial charge in [0.2, 0.25) is 5.91 Å². The zero-order valence-corrected chi connectivity index (χ0v) is 11.2. The number of carbonyl (C=O) groups excluding carboxylic acids is 1. The molecule has 19 heavy (non-hydrogen) atoms. The van der Waals surface area contributed by atoms with E-state index < -0.39 is 0 Å². The van der Waals surface area contributed by atoms with E-state index in [-0.39, 0.29) is 23.0 Å². The van der Waals surface area contributed by atoms with Crippen molar-refractivity contribution < 1.29 is 9.18 Å². The summed E-state index contributed by atoms with van der Waals surface area (Å²) in [5.41, 5.74) is 1.39. The molecule has 0 atom stereocenters. The molecule has 4 nitrogen and oxygen atoms in total. The maximum atomic E-state index is 12.7. The highest BCUT2D eigenvalue weighted by Gasteiger charge is 2.06. The maximum absolute atomic E-state index is 12.7. The number of hydrogen-bond donors (Lipinski definition) is 1. The Bertz CT molecular complexity index is 631. The van der Waals surface area contributed by atoms with E-state index in [4.69, 9.17) is 0 Å². The topological polar surface area (TPSA) is 51.1 Å². The van der Waals surface area contributed by atoms with E-state index in [2.05, 4.69) is 5.32 Å². The number of aromatic nitrogens is 1. The quantitative estimate of drug-likeness (QED) is 0.935. The molecule has 6 heteroatoms. The number of thiazole rings is 1. The van der Waals surface area contributed by atoms with E-state index in [0.717, 1.165) is 17.0 Å². The predicted octanol–water partition coefficient (Wildman–Crippen LogP) is 2.39. The van der Waals surface area contributed by atoms with Crippen molar-refractivity contribution in [2.45, 2.75) is 19.9 Å². The molecule has 1 heterocycles. The average Bonchev–Trinajstić information content (AvgIpc) is 2.70. The van der Waals surface area contributed by atoms with Gasteiger partial charge in [0.15, 0.2) is 0 Å². The minimum absolute atomic E-state index is 0.0629. The molecular weight excluding hydrogens is 267 g/mol. The van der Waals surface area contributed by atoms with Crippen molar-refractivity contribution in [3.8, 4) is 0 Å². The number of halogens is 1. The molecule has 2 rings (SSSR count). The molecule has 1 N–H and O–H groups in total. The van der Waals surface area contributed by atoms with Gasteiger partial charge in [-0.1, -0.05) is 11.3 Å². The Balaban J connectivity index is 1.92. The molecular formula is C13H13FN2O2S. The van der Waals surface area contributed by atoms with Gasteiger partial charge in [0.05, 0.1) is 0 Å². The monoisotopic (exact) mass is 280 g/mol. The molecule has 0 spiro atoms. The lowest BCUT2D eigenvalue weighted by Crippen LogP contribution is -2.20. The summed E-state index contributed by atoms with van der Waals surface area (Å²) in [6.07, 6.45) is 0.203. The van der Waals surface area contributed by atoms with Crippen LogP contribution in [0.1, 0.15) is 12.1 Å². The van der Waals surface area contributed by atoms with Gasteiger partial charge in [0, 0.05) is 29.7 Å². The van der Waals surface area contributed by atoms with Crippen molar-refractivity contribution in [2.24, 2.45) is 0 Å². The van der Waals surface area contributed by atoms with Crippen molar-refractivity contribution in [3.63, 3.8) is 0 Å². The molecule has 1 amide bonds. The van der Waals surface area contributed by atoms with Crippen molar-refractivity contribution >= 4 is 22.9 Å². The Hall–Kier alpha value is -1.95. The molecule has 0 unspecified atom stereocenters. The Morgan fingerprint density at radius 1 is 1.37 bits per heavy atom. The van der Waals surface area contributed by atoms with Crippen LogP contribution in [-0.4, -0.2) is 10.5 Å². The smallest absolute Gasteiger partial charge is 0.307 e. The standard InChI is InChI=1S/C13H13FN2O2S/c1-9-8-19-13(18)16(9)7-6-12(17)15-11-4-2-10(14)3-5-11/h2-5,8H,6-7H2,1H3,(H,15,17). The molecule has 0 radical (unpaired) electrons. The number of nitrogens with one attached hydrogen (secondary N) is 1. The highest BCUT2D eigenvalue weighted by atomic mass is 32.1. The minimum Gasteiger partial charge on any atom is -0.326 e. The van der Waals surface area contributed by atoms with Gasteiger partial charge >= 0.3 is 4.87 Å². The van der Waals surface area contributed by atoms with Crippen LogP contribution in [0.2, 0.25) is 0 Å². The first-order chi connectivity index (χ1) is 9.06. The van der Waals surface area contributed by atoms with E-state index in [1.54, 1.807) is 9.95 Å². The van der Waals surface area contributed by atoms with Gasteiger partial charge in [-0.15, -0.1) is 0 Å². The van der Waals surface area contributed by atoms with Gasteiger partial charge < -0.3 is 9.88 Å². The third-order valence-corrected chi connectivity index (χ3v) is 3.55. The Labute approximate surface area is 113 Å². The highest BCUT2D eigenvalue weighted by molar-refractivity contribution is 7.07. The van der Waals surface area contributed by atoms with Crippen LogP contribution in [0.3, 0.4) is 0 Å². The molecule has 0 bridgehead atoms. The van der Waals surface area contributed by atoms with Crippen LogP contribution in [0.5, 0.6) is 0 Å². The van der Waals surface area contributed by atoms with Crippen LogP contribution >= 0.6 is 11.3 Å². The van der Waals surface area contributed by atoms with Gasteiger partial charge in [-0.05, 0) is 31.2 Å². The van der Waals surface area contributed by atoms with E-state index in [1.807, 2.05) is 6.92 Å². The molecule has 0 aliphatic heterocycles. The number of carbonyl (C=O) groups is 1. The number of rotatable bonds is 4. The second kappa shape index (κ2) is 5.79. The van der Waals surface area contributed by atoms with E-state index in [0.29, 0.717) is 12.2 Å². The first-order valence-corrected chi connectivity index (χ1v) is 6.64. The molecule has 0 fully saturated rings. The first-order valence-electron chi connectivity index (χ1n) is 5.76. The largest absolute Gasteiger partial charge is 0.326 e. The Kier molecular flexibility index (Phi) is 4.11. The fourth-order valence-electron chi connectivity index (χ4n) is 1.64. The maximum Gasteiger partial charge on any atom is 0.307 e. The van der Waals surface area contributed by atoms with Gasteiger partial charge in [0.25, 0.3) is 0 Å². The van der Waals surface area contributed by atoms with E-state index >= 15 is 0 Å². The zero-order chi connectivity index (χ0) is 13.8. The fourth-order valence-corrected chi connectivity index (χ4v) is 2.41.